The zero-order valence-electron chi connectivity index (χ0n) is 41.1. The fourth-order valence-electron chi connectivity index (χ4n) is 7.82. The predicted octanol–water partition coefficient (Wildman–Crippen LogP) is 9.19. The number of carbonyl (C=O) groups excluding carboxylic acids is 2. The van der Waals surface area contributed by atoms with Crippen molar-refractivity contribution in [1.29, 1.82) is 0 Å². The number of anilines is 1. The molecule has 18 nitrogen and oxygen atoms in total. The number of aliphatic hydroxyl groups is 2. The normalized spacial score (nSPS) is 19.5. The average Bonchev–Trinajstić information content (AvgIpc) is 3.57. The number of hydrogen-bond donors (Lipinski definition) is 3. The zero-order chi connectivity index (χ0) is 49.9. The van der Waals surface area contributed by atoms with E-state index in [2.05, 4.69) is 39.8 Å². The maximum absolute atomic E-state index is 12.8. The number of nitrogens with two attached hydrogens (primary N) is 1. The Kier molecular flexibility index (Phi) is 33.8. The molecule has 1 fully saturated rings. The highest BCUT2D eigenvalue weighted by atomic mass is 31.3. The summed E-state index contributed by atoms with van der Waals surface area (Å²) in [5.41, 5.74) is 4.56. The number of hydrogen-bond acceptors (Lipinski definition) is 17. The summed E-state index contributed by atoms with van der Waals surface area (Å²) < 4.78 is 55.8. The Morgan fingerprint density at radius 3 is 1.66 bits per heavy atom. The second-order valence-corrected chi connectivity index (χ2v) is 20.9. The molecule has 20 heteroatoms. The molecule has 0 bridgehead atoms. The lowest BCUT2D eigenvalue weighted by molar-refractivity contribution is -0.246. The fourth-order valence-corrected chi connectivity index (χ4v) is 9.86. The van der Waals surface area contributed by atoms with Crippen molar-refractivity contribution in [2.75, 3.05) is 25.6 Å². The number of esters is 2. The first-order valence-electron chi connectivity index (χ1n) is 25.7. The first-order valence-corrected chi connectivity index (χ1v) is 28.6. The molecule has 1 saturated heterocycles. The first kappa shape index (κ1) is 61.6. The number of aliphatic hydroxyl groups excluding tert-OH is 2. The summed E-state index contributed by atoms with van der Waals surface area (Å²) in [5.74, 6) is -1.36. The first-order chi connectivity index (χ1) is 32.7. The molecule has 7 atom stereocenters. The second-order valence-electron chi connectivity index (χ2n) is 18.0. The van der Waals surface area contributed by atoms with Crippen molar-refractivity contribution in [2.24, 2.45) is 0 Å². The SMILES string of the molecule is CCCCCCCC/C=C\CCCCCCCC(=O)O[C@H](COC(=O)CCCCCCCCCCCCCCCCC)COP(=O)([O-])OP(=O)([O-])OC[C@H]1O[C@@H](n2ccc(N)nc2=O)[C@H](O)[C@@H]1O. The van der Waals surface area contributed by atoms with Gasteiger partial charge in [-0.15, -0.1) is 0 Å². The van der Waals surface area contributed by atoms with Gasteiger partial charge in [-0.1, -0.05) is 167 Å². The Bertz CT molecular complexity index is 1680. The lowest BCUT2D eigenvalue weighted by Gasteiger charge is -2.32. The van der Waals surface area contributed by atoms with E-state index in [4.69, 9.17) is 24.5 Å². The number of unbranched alkanes of at least 4 members (excludes halogenated alkanes) is 25. The van der Waals surface area contributed by atoms with Crippen molar-refractivity contribution in [2.45, 2.75) is 237 Å². The summed E-state index contributed by atoms with van der Waals surface area (Å²) in [6.45, 7) is 1.94. The molecule has 1 aliphatic heterocycles. The van der Waals surface area contributed by atoms with E-state index < -0.39 is 83.7 Å². The van der Waals surface area contributed by atoms with Crippen LogP contribution in [0, 0.1) is 0 Å². The Labute approximate surface area is 405 Å². The number of allylic oxidation sites excluding steroid dienone is 2. The summed E-state index contributed by atoms with van der Waals surface area (Å²) in [4.78, 5) is 66.4. The Balaban J connectivity index is 1.80. The van der Waals surface area contributed by atoms with Crippen LogP contribution in [-0.2, 0) is 46.3 Å². The largest absolute Gasteiger partial charge is 0.756 e. The van der Waals surface area contributed by atoms with Crippen LogP contribution >= 0.6 is 15.6 Å². The minimum Gasteiger partial charge on any atom is -0.756 e. The number of phosphoric ester groups is 2. The summed E-state index contributed by atoms with van der Waals surface area (Å²) in [5, 5.41) is 20.8. The monoisotopic (exact) mass is 1010 g/mol. The molecule has 2 unspecified atom stereocenters. The van der Waals surface area contributed by atoms with Gasteiger partial charge in [-0.05, 0) is 44.6 Å². The van der Waals surface area contributed by atoms with Crippen molar-refractivity contribution in [3.05, 3.63) is 34.9 Å². The summed E-state index contributed by atoms with van der Waals surface area (Å²) in [7, 11) is -11.5. The highest BCUT2D eigenvalue weighted by molar-refractivity contribution is 7.59. The maximum Gasteiger partial charge on any atom is 0.351 e. The highest BCUT2D eigenvalue weighted by Crippen LogP contribution is 2.56. The Morgan fingerprint density at radius 2 is 1.16 bits per heavy atom. The topological polar surface area (TPSA) is 271 Å². The van der Waals surface area contributed by atoms with Crippen LogP contribution in [0.4, 0.5) is 5.82 Å². The molecule has 2 rings (SSSR count). The van der Waals surface area contributed by atoms with E-state index in [-0.39, 0.29) is 18.7 Å². The van der Waals surface area contributed by atoms with E-state index >= 15 is 0 Å². The van der Waals surface area contributed by atoms with Crippen LogP contribution in [0.3, 0.4) is 0 Å². The number of phosphoric acid groups is 2. The molecule has 1 aliphatic rings. The molecule has 4 N–H and O–H groups in total. The second kappa shape index (κ2) is 37.3. The summed E-state index contributed by atoms with van der Waals surface area (Å²) in [6.07, 6.45) is 29.4. The van der Waals surface area contributed by atoms with Gasteiger partial charge in [0.25, 0.3) is 15.6 Å². The molecule has 0 radical (unpaired) electrons. The van der Waals surface area contributed by atoms with Crippen LogP contribution in [0.25, 0.3) is 0 Å². The predicted molar refractivity (Wildman–Crippen MR) is 257 cm³/mol. The summed E-state index contributed by atoms with van der Waals surface area (Å²) >= 11 is 0. The molecule has 0 saturated carbocycles. The molecule has 2 heterocycles. The van der Waals surface area contributed by atoms with Gasteiger partial charge in [0.2, 0.25) is 0 Å². The van der Waals surface area contributed by atoms with E-state index in [0.717, 1.165) is 75.0 Å². The van der Waals surface area contributed by atoms with Gasteiger partial charge in [-0.3, -0.25) is 23.3 Å². The fraction of sp³-hybridized carbons (Fsp3) is 0.833. The van der Waals surface area contributed by atoms with Crippen LogP contribution in [0.5, 0.6) is 0 Å². The molecule has 394 valence electrons. The van der Waals surface area contributed by atoms with Gasteiger partial charge >= 0.3 is 17.6 Å². The van der Waals surface area contributed by atoms with E-state index in [9.17, 15) is 43.5 Å². The van der Waals surface area contributed by atoms with Gasteiger partial charge in [0.1, 0.15) is 30.7 Å². The van der Waals surface area contributed by atoms with Gasteiger partial charge < -0.3 is 49.0 Å². The number of aromatic nitrogens is 2. The number of nitrogens with zero attached hydrogens (tertiary/aromatic N) is 2. The molecule has 68 heavy (non-hydrogen) atoms. The summed E-state index contributed by atoms with van der Waals surface area (Å²) in [6, 6.07) is 1.23. The van der Waals surface area contributed by atoms with Gasteiger partial charge in [0, 0.05) is 19.0 Å². The van der Waals surface area contributed by atoms with Gasteiger partial charge in [0.05, 0.1) is 13.2 Å². The van der Waals surface area contributed by atoms with Crippen LogP contribution in [0.1, 0.15) is 213 Å². The molecule has 0 aromatic carbocycles. The van der Waals surface area contributed by atoms with Crippen molar-refractivity contribution < 1.29 is 66.3 Å². The van der Waals surface area contributed by atoms with E-state index in [0.29, 0.717) is 12.8 Å². The number of ether oxygens (including phenoxy) is 3. The molecule has 1 aromatic heterocycles. The van der Waals surface area contributed by atoms with E-state index in [1.165, 1.54) is 109 Å². The average molecular weight is 1010 g/mol. The minimum absolute atomic E-state index is 0.0188. The minimum atomic E-state index is -5.73. The number of rotatable bonds is 43. The van der Waals surface area contributed by atoms with Gasteiger partial charge in [-0.25, -0.2) is 9.11 Å². The third-order valence-corrected chi connectivity index (χ3v) is 14.4. The smallest absolute Gasteiger partial charge is 0.351 e. The molecular weight excluding hydrogens is 920 g/mol. The van der Waals surface area contributed by atoms with Crippen LogP contribution in [0.15, 0.2) is 29.2 Å². The van der Waals surface area contributed by atoms with E-state index in [1.54, 1.807) is 0 Å². The van der Waals surface area contributed by atoms with Crippen molar-refractivity contribution in [3.8, 4) is 0 Å². The standard InChI is InChI=1S/C48H87N3O15P2/c1-3-5-7-9-11-13-15-17-19-21-23-25-27-29-31-33-43(52)61-37-40(64-44(53)34-32-30-28-26-24-22-20-18-16-14-12-10-8-6-4-2)38-62-67(57,58)66-68(59,60)63-39-41-45(54)46(55)47(65-41)51-36-35-42(49)50-48(51)56/h18,20,35-36,40-41,45-47,54-55H,3-17,19,21-34,37-39H2,1-2H3,(H,57,58)(H,59,60)(H2,49,50,56)/p-2/b20-18-/t40-,41-,45-,46-,47-/m1/s1. The van der Waals surface area contributed by atoms with Gasteiger partial charge in [0.15, 0.2) is 12.3 Å². The zero-order valence-corrected chi connectivity index (χ0v) is 42.9. The lowest BCUT2D eigenvalue weighted by atomic mass is 10.0. The Hall–Kier alpha value is -2.50. The van der Waals surface area contributed by atoms with Crippen LogP contribution < -0.4 is 21.2 Å². The van der Waals surface area contributed by atoms with Crippen molar-refractivity contribution >= 4 is 33.4 Å². The van der Waals surface area contributed by atoms with E-state index in [1.807, 2.05) is 0 Å². The third kappa shape index (κ3) is 29.6. The molecular formula is C48H85N3O15P2-2. The quantitative estimate of drug-likeness (QED) is 0.0238. The number of carbonyl (C=O) groups is 2. The third-order valence-electron chi connectivity index (χ3n) is 11.8. The van der Waals surface area contributed by atoms with Crippen LogP contribution in [-0.4, -0.2) is 75.9 Å². The van der Waals surface area contributed by atoms with Crippen molar-refractivity contribution in [3.63, 3.8) is 0 Å². The van der Waals surface area contributed by atoms with Crippen molar-refractivity contribution in [1.82, 2.24) is 9.55 Å². The molecule has 1 aromatic rings. The lowest BCUT2D eigenvalue weighted by Crippen LogP contribution is -2.36. The van der Waals surface area contributed by atoms with Gasteiger partial charge in [-0.2, -0.15) is 4.98 Å². The van der Waals surface area contributed by atoms with Crippen LogP contribution in [0.2, 0.25) is 0 Å². The highest BCUT2D eigenvalue weighted by Gasteiger charge is 2.45. The molecule has 0 amide bonds. The molecule has 0 aliphatic carbocycles. The number of nitrogen functional groups attached to an aromatic ring is 1. The maximum atomic E-state index is 12.8. The Morgan fingerprint density at radius 1 is 0.706 bits per heavy atom. The molecule has 0 spiro atoms.